The summed E-state index contributed by atoms with van der Waals surface area (Å²) in [6.45, 7) is 10.5. The van der Waals surface area contributed by atoms with Gasteiger partial charge in [0.05, 0.1) is 17.1 Å². The standard InChI is InChI=1S/C17H21N3O2S/c1-10-11(2)13(4)17(14(5)12(10)3)23(21,22)20-7-15-6-18-9-19-16(15)8-20/h6,9H,7-8H2,1-5H3. The van der Waals surface area contributed by atoms with Gasteiger partial charge in [0.25, 0.3) is 0 Å². The number of sulfonamides is 1. The number of hydrogen-bond acceptors (Lipinski definition) is 4. The molecular weight excluding hydrogens is 310 g/mol. The summed E-state index contributed by atoms with van der Waals surface area (Å²) in [5, 5.41) is 0. The normalized spacial score (nSPS) is 15.0. The second kappa shape index (κ2) is 5.39. The van der Waals surface area contributed by atoms with Gasteiger partial charge < -0.3 is 0 Å². The smallest absolute Gasteiger partial charge is 0.244 e. The molecule has 0 aliphatic carbocycles. The van der Waals surface area contributed by atoms with Crippen molar-refractivity contribution < 1.29 is 8.42 Å². The SMILES string of the molecule is Cc1c(C)c(C)c(S(=O)(=O)N2Cc3cncnc3C2)c(C)c1C. The van der Waals surface area contributed by atoms with E-state index in [-0.39, 0.29) is 0 Å². The van der Waals surface area contributed by atoms with Gasteiger partial charge in [0.2, 0.25) is 10.0 Å². The Bertz CT molecular complexity index is 850. The fraction of sp³-hybridized carbons (Fsp3) is 0.412. The summed E-state index contributed by atoms with van der Waals surface area (Å²) >= 11 is 0. The highest BCUT2D eigenvalue weighted by molar-refractivity contribution is 7.89. The Balaban J connectivity index is 2.13. The van der Waals surface area contributed by atoms with Crippen LogP contribution in [0.5, 0.6) is 0 Å². The number of fused-ring (bicyclic) bond motifs is 1. The van der Waals surface area contributed by atoms with Gasteiger partial charge in [-0.15, -0.1) is 0 Å². The molecule has 0 saturated heterocycles. The summed E-state index contributed by atoms with van der Waals surface area (Å²) in [6, 6.07) is 0. The molecule has 122 valence electrons. The Morgan fingerprint density at radius 3 is 2.04 bits per heavy atom. The molecule has 5 nitrogen and oxygen atoms in total. The van der Waals surface area contributed by atoms with Gasteiger partial charge in [-0.2, -0.15) is 4.31 Å². The molecule has 0 spiro atoms. The zero-order valence-corrected chi connectivity index (χ0v) is 15.0. The second-order valence-electron chi connectivity index (χ2n) is 6.22. The van der Waals surface area contributed by atoms with Crippen LogP contribution in [0.3, 0.4) is 0 Å². The van der Waals surface area contributed by atoms with Crippen molar-refractivity contribution >= 4 is 10.0 Å². The summed E-state index contributed by atoms with van der Waals surface area (Å²) < 4.78 is 28.0. The van der Waals surface area contributed by atoms with E-state index in [0.717, 1.165) is 39.1 Å². The molecule has 0 unspecified atom stereocenters. The van der Waals surface area contributed by atoms with E-state index in [1.54, 1.807) is 6.20 Å². The Morgan fingerprint density at radius 2 is 1.48 bits per heavy atom. The largest absolute Gasteiger partial charge is 0.244 e. The fourth-order valence-electron chi connectivity index (χ4n) is 3.22. The lowest BCUT2D eigenvalue weighted by Gasteiger charge is -2.22. The number of hydrogen-bond donors (Lipinski definition) is 0. The van der Waals surface area contributed by atoms with Gasteiger partial charge in [-0.05, 0) is 62.4 Å². The van der Waals surface area contributed by atoms with Gasteiger partial charge in [-0.3, -0.25) is 0 Å². The molecule has 0 bridgehead atoms. The lowest BCUT2D eigenvalue weighted by atomic mass is 9.95. The van der Waals surface area contributed by atoms with E-state index in [9.17, 15) is 8.42 Å². The highest BCUT2D eigenvalue weighted by Gasteiger charge is 2.34. The van der Waals surface area contributed by atoms with Crippen molar-refractivity contribution in [2.24, 2.45) is 0 Å². The Hall–Kier alpha value is -1.79. The van der Waals surface area contributed by atoms with Crippen molar-refractivity contribution in [1.29, 1.82) is 0 Å². The average molecular weight is 331 g/mol. The molecule has 2 aromatic rings. The van der Waals surface area contributed by atoms with Crippen molar-refractivity contribution in [3.05, 3.63) is 51.6 Å². The molecule has 0 N–H and O–H groups in total. The van der Waals surface area contributed by atoms with Crippen molar-refractivity contribution in [3.63, 3.8) is 0 Å². The molecule has 2 heterocycles. The maximum absolute atomic E-state index is 13.2. The first-order chi connectivity index (χ1) is 10.7. The summed E-state index contributed by atoms with van der Waals surface area (Å²) in [7, 11) is -3.56. The summed E-state index contributed by atoms with van der Waals surface area (Å²) in [5.74, 6) is 0. The van der Waals surface area contributed by atoms with Crippen LogP contribution in [0.1, 0.15) is 39.1 Å². The van der Waals surface area contributed by atoms with Crippen LogP contribution in [0.25, 0.3) is 0 Å². The third kappa shape index (κ3) is 2.37. The second-order valence-corrected chi connectivity index (χ2v) is 8.10. The topological polar surface area (TPSA) is 63.2 Å². The van der Waals surface area contributed by atoms with Crippen LogP contribution in [0.2, 0.25) is 0 Å². The fourth-order valence-corrected chi connectivity index (χ4v) is 5.16. The molecule has 0 amide bonds. The lowest BCUT2D eigenvalue weighted by molar-refractivity contribution is 0.429. The first-order valence-electron chi connectivity index (χ1n) is 7.60. The number of rotatable bonds is 2. The van der Waals surface area contributed by atoms with E-state index in [0.29, 0.717) is 18.0 Å². The van der Waals surface area contributed by atoms with Gasteiger partial charge in [-0.1, -0.05) is 0 Å². The van der Waals surface area contributed by atoms with Crippen LogP contribution in [-0.4, -0.2) is 22.7 Å². The highest BCUT2D eigenvalue weighted by atomic mass is 32.2. The first kappa shape index (κ1) is 16.1. The third-order valence-corrected chi connectivity index (χ3v) is 7.15. The maximum Gasteiger partial charge on any atom is 0.244 e. The van der Waals surface area contributed by atoms with Gasteiger partial charge in [-0.25, -0.2) is 18.4 Å². The van der Waals surface area contributed by atoms with Crippen molar-refractivity contribution in [2.75, 3.05) is 0 Å². The van der Waals surface area contributed by atoms with E-state index >= 15 is 0 Å². The summed E-state index contributed by atoms with van der Waals surface area (Å²) in [5.41, 5.74) is 6.60. The molecule has 1 aromatic heterocycles. The lowest BCUT2D eigenvalue weighted by Crippen LogP contribution is -2.27. The van der Waals surface area contributed by atoms with Crippen LogP contribution in [0.4, 0.5) is 0 Å². The summed E-state index contributed by atoms with van der Waals surface area (Å²) in [6.07, 6.45) is 3.16. The van der Waals surface area contributed by atoms with E-state index < -0.39 is 10.0 Å². The van der Waals surface area contributed by atoms with Gasteiger partial charge in [0, 0.05) is 18.3 Å². The van der Waals surface area contributed by atoms with Gasteiger partial charge in [0.15, 0.2) is 0 Å². The van der Waals surface area contributed by atoms with E-state index in [1.807, 2.05) is 34.6 Å². The molecule has 1 aromatic carbocycles. The molecule has 6 heteroatoms. The van der Waals surface area contributed by atoms with E-state index in [4.69, 9.17) is 0 Å². The molecule has 1 aliphatic rings. The maximum atomic E-state index is 13.2. The Labute approximate surface area is 137 Å². The average Bonchev–Trinajstić information content (AvgIpc) is 2.96. The minimum absolute atomic E-state index is 0.311. The van der Waals surface area contributed by atoms with Gasteiger partial charge >= 0.3 is 0 Å². The van der Waals surface area contributed by atoms with Crippen LogP contribution >= 0.6 is 0 Å². The first-order valence-corrected chi connectivity index (χ1v) is 9.04. The molecule has 0 atom stereocenters. The Morgan fingerprint density at radius 1 is 0.913 bits per heavy atom. The molecule has 23 heavy (non-hydrogen) atoms. The molecule has 0 radical (unpaired) electrons. The zero-order chi connectivity index (χ0) is 16.9. The number of benzene rings is 1. The van der Waals surface area contributed by atoms with E-state index in [1.165, 1.54) is 10.6 Å². The number of aromatic nitrogens is 2. The monoisotopic (exact) mass is 331 g/mol. The van der Waals surface area contributed by atoms with Crippen molar-refractivity contribution in [3.8, 4) is 0 Å². The molecular formula is C17H21N3O2S. The zero-order valence-electron chi connectivity index (χ0n) is 14.1. The van der Waals surface area contributed by atoms with Crippen LogP contribution in [0.15, 0.2) is 17.4 Å². The summed E-state index contributed by atoms with van der Waals surface area (Å²) in [4.78, 5) is 8.62. The predicted octanol–water partition coefficient (Wildman–Crippen LogP) is 2.72. The highest BCUT2D eigenvalue weighted by Crippen LogP contribution is 2.34. The minimum atomic E-state index is -3.56. The minimum Gasteiger partial charge on any atom is -0.244 e. The molecule has 0 saturated carbocycles. The van der Waals surface area contributed by atoms with Crippen LogP contribution < -0.4 is 0 Å². The molecule has 0 fully saturated rings. The third-order valence-electron chi connectivity index (χ3n) is 5.08. The molecule has 1 aliphatic heterocycles. The van der Waals surface area contributed by atoms with Crippen LogP contribution in [-0.2, 0) is 23.1 Å². The predicted molar refractivity (Wildman–Crippen MR) is 88.6 cm³/mol. The van der Waals surface area contributed by atoms with Crippen molar-refractivity contribution in [2.45, 2.75) is 52.6 Å². The Kier molecular flexibility index (Phi) is 3.77. The van der Waals surface area contributed by atoms with E-state index in [2.05, 4.69) is 9.97 Å². The van der Waals surface area contributed by atoms with Gasteiger partial charge in [0.1, 0.15) is 6.33 Å². The van der Waals surface area contributed by atoms with Crippen molar-refractivity contribution in [1.82, 2.24) is 14.3 Å². The number of nitrogens with zero attached hydrogens (tertiary/aromatic N) is 3. The van der Waals surface area contributed by atoms with Crippen LogP contribution in [0, 0.1) is 34.6 Å². The quantitative estimate of drug-likeness (QED) is 0.849. The molecule has 3 rings (SSSR count).